The second-order valence-corrected chi connectivity index (χ2v) is 8.21. The second kappa shape index (κ2) is 6.88. The molecule has 0 radical (unpaired) electrons. The molecule has 0 saturated carbocycles. The summed E-state index contributed by atoms with van der Waals surface area (Å²) in [5, 5.41) is 0. The molecule has 1 saturated heterocycles. The van der Waals surface area contributed by atoms with Gasteiger partial charge in [0.15, 0.2) is 0 Å². The number of nitrogens with one attached hydrogen (secondary N) is 1. The fourth-order valence-corrected chi connectivity index (χ4v) is 4.04. The molecule has 128 valence electrons. The normalized spacial score (nSPS) is 17.8. The van der Waals surface area contributed by atoms with Crippen LogP contribution in [0.4, 0.5) is 5.69 Å². The van der Waals surface area contributed by atoms with Crippen LogP contribution < -0.4 is 9.21 Å². The van der Waals surface area contributed by atoms with Crippen molar-refractivity contribution in [1.29, 1.82) is 0 Å². The minimum atomic E-state index is -3.54. The van der Waals surface area contributed by atoms with Gasteiger partial charge < -0.3 is 9.80 Å². The molecule has 0 spiro atoms. The fraction of sp³-hybridized carbons (Fsp3) is 0.562. The van der Waals surface area contributed by atoms with Crippen LogP contribution in [0.1, 0.15) is 12.5 Å². The van der Waals surface area contributed by atoms with Gasteiger partial charge in [-0.2, -0.15) is 0 Å². The van der Waals surface area contributed by atoms with Gasteiger partial charge in [-0.1, -0.05) is 17.7 Å². The van der Waals surface area contributed by atoms with E-state index in [2.05, 4.69) is 7.05 Å². The Morgan fingerprint density at radius 2 is 1.74 bits per heavy atom. The van der Waals surface area contributed by atoms with Crippen LogP contribution in [-0.2, 0) is 14.8 Å². The number of quaternary nitrogens is 1. The van der Waals surface area contributed by atoms with E-state index in [1.807, 2.05) is 19.1 Å². The molecule has 1 aliphatic rings. The Bertz CT molecular complexity index is 650. The maximum atomic E-state index is 12.7. The monoisotopic (exact) mass is 340 g/mol. The molecule has 1 aromatic rings. The van der Waals surface area contributed by atoms with Crippen LogP contribution in [0.25, 0.3) is 0 Å². The van der Waals surface area contributed by atoms with Gasteiger partial charge in [0.05, 0.1) is 45.2 Å². The molecule has 0 aromatic heterocycles. The molecular formula is C16H26N3O3S+. The van der Waals surface area contributed by atoms with Gasteiger partial charge >= 0.3 is 0 Å². The highest BCUT2D eigenvalue weighted by atomic mass is 32.2. The van der Waals surface area contributed by atoms with Crippen LogP contribution in [0.15, 0.2) is 24.3 Å². The van der Waals surface area contributed by atoms with Crippen molar-refractivity contribution in [3.63, 3.8) is 0 Å². The highest BCUT2D eigenvalue weighted by Crippen LogP contribution is 2.22. The maximum Gasteiger partial charge on any atom is 0.246 e. The van der Waals surface area contributed by atoms with E-state index in [4.69, 9.17) is 0 Å². The SMILES string of the molecule is Cc1ccc(N([C@@H](C)C(=O)N2CC[NH+](C)CC2)S(C)(=O)=O)cc1. The first-order chi connectivity index (χ1) is 10.7. The van der Waals surface area contributed by atoms with E-state index in [-0.39, 0.29) is 5.91 Å². The lowest BCUT2D eigenvalue weighted by Gasteiger charge is -2.35. The molecule has 1 N–H and O–H groups in total. The first-order valence-electron chi connectivity index (χ1n) is 7.86. The number of hydrogen-bond acceptors (Lipinski definition) is 3. The van der Waals surface area contributed by atoms with E-state index in [1.165, 1.54) is 9.21 Å². The number of rotatable bonds is 4. The van der Waals surface area contributed by atoms with Crippen LogP contribution in [0.3, 0.4) is 0 Å². The molecule has 1 aromatic carbocycles. The quantitative estimate of drug-likeness (QED) is 0.804. The Morgan fingerprint density at radius 1 is 1.22 bits per heavy atom. The number of sulfonamides is 1. The van der Waals surface area contributed by atoms with Gasteiger partial charge in [-0.3, -0.25) is 9.10 Å². The number of likely N-dealkylation sites (N-methyl/N-ethyl adjacent to an activating group) is 1. The van der Waals surface area contributed by atoms with Crippen LogP contribution in [0.5, 0.6) is 0 Å². The second-order valence-electron chi connectivity index (χ2n) is 6.35. The minimum Gasteiger partial charge on any atom is -0.334 e. The lowest BCUT2D eigenvalue weighted by atomic mass is 10.2. The van der Waals surface area contributed by atoms with Crippen molar-refractivity contribution >= 4 is 21.6 Å². The van der Waals surface area contributed by atoms with E-state index >= 15 is 0 Å². The van der Waals surface area contributed by atoms with Gasteiger partial charge in [0, 0.05) is 0 Å². The molecule has 1 amide bonds. The summed E-state index contributed by atoms with van der Waals surface area (Å²) in [5.41, 5.74) is 1.57. The largest absolute Gasteiger partial charge is 0.334 e. The van der Waals surface area contributed by atoms with E-state index < -0.39 is 16.1 Å². The molecule has 1 fully saturated rings. The summed E-state index contributed by atoms with van der Waals surface area (Å²) < 4.78 is 25.7. The Morgan fingerprint density at radius 3 is 2.22 bits per heavy atom. The number of nitrogens with zero attached hydrogens (tertiary/aromatic N) is 2. The first kappa shape index (κ1) is 17.7. The number of benzene rings is 1. The molecule has 23 heavy (non-hydrogen) atoms. The Labute approximate surface area is 138 Å². The number of carbonyl (C=O) groups excluding carboxylic acids is 1. The molecule has 0 bridgehead atoms. The van der Waals surface area contributed by atoms with Crippen LogP contribution >= 0.6 is 0 Å². The van der Waals surface area contributed by atoms with Crippen molar-refractivity contribution in [3.8, 4) is 0 Å². The third-order valence-corrected chi connectivity index (χ3v) is 5.53. The van der Waals surface area contributed by atoms with Crippen LogP contribution in [0, 0.1) is 6.92 Å². The maximum absolute atomic E-state index is 12.7. The number of aryl methyl sites for hydroxylation is 1. The van der Waals surface area contributed by atoms with Gasteiger partial charge in [-0.25, -0.2) is 8.42 Å². The number of hydrogen-bond donors (Lipinski definition) is 1. The van der Waals surface area contributed by atoms with Crippen molar-refractivity contribution < 1.29 is 18.1 Å². The predicted molar refractivity (Wildman–Crippen MR) is 91.2 cm³/mol. The summed E-state index contributed by atoms with van der Waals surface area (Å²) in [6, 6.07) is 6.45. The molecule has 2 rings (SSSR count). The average molecular weight is 340 g/mol. The van der Waals surface area contributed by atoms with E-state index in [1.54, 1.807) is 24.0 Å². The Balaban J connectivity index is 2.25. The van der Waals surface area contributed by atoms with Crippen molar-refractivity contribution in [1.82, 2.24) is 4.90 Å². The number of amides is 1. The number of anilines is 1. The van der Waals surface area contributed by atoms with Crippen molar-refractivity contribution in [2.75, 3.05) is 43.8 Å². The first-order valence-corrected chi connectivity index (χ1v) is 9.71. The third kappa shape index (κ3) is 4.23. The number of carbonyl (C=O) groups is 1. The zero-order chi connectivity index (χ0) is 17.2. The summed E-state index contributed by atoms with van der Waals surface area (Å²) in [6.45, 7) is 6.72. The van der Waals surface area contributed by atoms with Crippen molar-refractivity contribution in [2.45, 2.75) is 19.9 Å². The van der Waals surface area contributed by atoms with Gasteiger partial charge in [-0.05, 0) is 26.0 Å². The fourth-order valence-electron chi connectivity index (χ4n) is 2.87. The zero-order valence-electron chi connectivity index (χ0n) is 14.2. The molecule has 0 aliphatic carbocycles. The molecule has 0 unspecified atom stereocenters. The number of piperazine rings is 1. The highest BCUT2D eigenvalue weighted by molar-refractivity contribution is 7.92. The summed E-state index contributed by atoms with van der Waals surface area (Å²) in [5.74, 6) is -0.136. The third-order valence-electron chi connectivity index (χ3n) is 4.28. The van der Waals surface area contributed by atoms with Gasteiger partial charge in [0.25, 0.3) is 0 Å². The molecular weight excluding hydrogens is 314 g/mol. The average Bonchev–Trinajstić information content (AvgIpc) is 2.48. The minimum absolute atomic E-state index is 0.136. The summed E-state index contributed by atoms with van der Waals surface area (Å²) in [4.78, 5) is 15.9. The smallest absolute Gasteiger partial charge is 0.246 e. The zero-order valence-corrected chi connectivity index (χ0v) is 15.1. The summed E-state index contributed by atoms with van der Waals surface area (Å²) in [7, 11) is -1.45. The molecule has 7 heteroatoms. The van der Waals surface area contributed by atoms with E-state index in [9.17, 15) is 13.2 Å². The van der Waals surface area contributed by atoms with Gasteiger partial charge in [0.2, 0.25) is 15.9 Å². The molecule has 1 aliphatic heterocycles. The standard InChI is InChI=1S/C16H25N3O3S/c1-13-5-7-15(8-6-13)19(23(4,21)22)14(2)16(20)18-11-9-17(3)10-12-18/h5-8,14H,9-12H2,1-4H3/p+1/t14-/m0/s1. The van der Waals surface area contributed by atoms with Crippen molar-refractivity contribution in [2.24, 2.45) is 0 Å². The molecule has 1 atom stereocenters. The van der Waals surface area contributed by atoms with Crippen LogP contribution in [-0.4, -0.2) is 64.7 Å². The molecule has 1 heterocycles. The summed E-state index contributed by atoms with van der Waals surface area (Å²) >= 11 is 0. The predicted octanol–water partition coefficient (Wildman–Crippen LogP) is -0.494. The highest BCUT2D eigenvalue weighted by Gasteiger charge is 2.33. The lowest BCUT2D eigenvalue weighted by molar-refractivity contribution is -0.883. The van der Waals surface area contributed by atoms with Crippen LogP contribution in [0.2, 0.25) is 0 Å². The topological polar surface area (TPSA) is 62.1 Å². The van der Waals surface area contributed by atoms with Gasteiger partial charge in [0.1, 0.15) is 6.04 Å². The van der Waals surface area contributed by atoms with Gasteiger partial charge in [-0.15, -0.1) is 0 Å². The lowest BCUT2D eigenvalue weighted by Crippen LogP contribution is -3.12. The Hall–Kier alpha value is -1.60. The summed E-state index contributed by atoms with van der Waals surface area (Å²) in [6.07, 6.45) is 1.14. The molecule has 6 nitrogen and oxygen atoms in total. The Kier molecular flexibility index (Phi) is 5.31. The van der Waals surface area contributed by atoms with E-state index in [0.717, 1.165) is 24.9 Å². The van der Waals surface area contributed by atoms with E-state index in [0.29, 0.717) is 18.8 Å². The van der Waals surface area contributed by atoms with Crippen molar-refractivity contribution in [3.05, 3.63) is 29.8 Å².